The monoisotopic (exact) mass is 254 g/mol. The van der Waals surface area contributed by atoms with Gasteiger partial charge in [-0.05, 0) is 38.5 Å². The summed E-state index contributed by atoms with van der Waals surface area (Å²) in [6.45, 7) is 5.21. The van der Waals surface area contributed by atoms with Crippen LogP contribution in [0.5, 0.6) is 0 Å². The molecule has 2 rings (SSSR count). The Morgan fingerprint density at radius 1 is 1.35 bits per heavy atom. The van der Waals surface area contributed by atoms with Gasteiger partial charge in [0.05, 0.1) is 10.4 Å². The first kappa shape index (κ1) is 12.8. The average Bonchev–Trinajstić information content (AvgIpc) is 2.19. The third kappa shape index (κ3) is 2.07. The van der Waals surface area contributed by atoms with Gasteiger partial charge in [-0.1, -0.05) is 25.6 Å². The number of thiocarbonyl (C=S) groups is 1. The minimum Gasteiger partial charge on any atom is -0.392 e. The highest BCUT2D eigenvalue weighted by atomic mass is 32.1. The Morgan fingerprint density at radius 2 is 2.00 bits per heavy atom. The van der Waals surface area contributed by atoms with Crippen molar-refractivity contribution in [1.29, 1.82) is 0 Å². The van der Waals surface area contributed by atoms with E-state index in [0.29, 0.717) is 16.9 Å². The number of rotatable bonds is 2. The zero-order chi connectivity index (χ0) is 12.6. The quantitative estimate of drug-likeness (QED) is 0.768. The van der Waals surface area contributed by atoms with Crippen LogP contribution in [0.15, 0.2) is 0 Å². The van der Waals surface area contributed by atoms with Crippen LogP contribution in [0, 0.1) is 11.3 Å². The predicted octanol–water partition coefficient (Wildman–Crippen LogP) is 2.09. The molecule has 0 radical (unpaired) electrons. The molecule has 1 saturated carbocycles. The van der Waals surface area contributed by atoms with E-state index >= 15 is 0 Å². The van der Waals surface area contributed by atoms with E-state index in [1.807, 2.05) is 4.90 Å². The molecule has 0 aromatic heterocycles. The van der Waals surface area contributed by atoms with Crippen molar-refractivity contribution in [3.63, 3.8) is 0 Å². The second-order valence-electron chi connectivity index (χ2n) is 5.79. The predicted molar refractivity (Wildman–Crippen MR) is 72.6 cm³/mol. The molecule has 1 heterocycles. The largest absolute Gasteiger partial charge is 0.392 e. The standard InChI is InChI=1S/C13H22N2OS/c1-9-4-5-10(2)15(8-9)12(16)13(11(14)17)6-3-7-13/h9-10H,3-8H2,1-2H3,(H2,14,17). The van der Waals surface area contributed by atoms with Crippen LogP contribution in [-0.2, 0) is 4.79 Å². The summed E-state index contributed by atoms with van der Waals surface area (Å²) < 4.78 is 0. The molecule has 17 heavy (non-hydrogen) atoms. The summed E-state index contributed by atoms with van der Waals surface area (Å²) >= 11 is 5.12. The lowest BCUT2D eigenvalue weighted by Gasteiger charge is -2.46. The minimum atomic E-state index is -0.499. The van der Waals surface area contributed by atoms with Crippen molar-refractivity contribution in [2.45, 2.75) is 52.0 Å². The fourth-order valence-electron chi connectivity index (χ4n) is 2.94. The number of carbonyl (C=O) groups excluding carboxylic acids is 1. The maximum absolute atomic E-state index is 12.7. The van der Waals surface area contributed by atoms with Gasteiger partial charge in [0.2, 0.25) is 5.91 Å². The van der Waals surface area contributed by atoms with Gasteiger partial charge in [-0.2, -0.15) is 0 Å². The van der Waals surface area contributed by atoms with Crippen molar-refractivity contribution >= 4 is 23.1 Å². The highest BCUT2D eigenvalue weighted by molar-refractivity contribution is 7.80. The summed E-state index contributed by atoms with van der Waals surface area (Å²) in [5.41, 5.74) is 5.30. The molecule has 2 fully saturated rings. The van der Waals surface area contributed by atoms with Crippen LogP contribution in [0.4, 0.5) is 0 Å². The first-order valence-electron chi connectivity index (χ1n) is 6.58. The van der Waals surface area contributed by atoms with Crippen molar-refractivity contribution in [2.24, 2.45) is 17.1 Å². The van der Waals surface area contributed by atoms with E-state index in [0.717, 1.165) is 32.2 Å². The molecule has 96 valence electrons. The average molecular weight is 254 g/mol. The fraction of sp³-hybridized carbons (Fsp3) is 0.846. The Bertz CT molecular complexity index is 338. The summed E-state index contributed by atoms with van der Waals surface area (Å²) in [4.78, 5) is 15.1. The molecule has 0 spiro atoms. The number of piperidine rings is 1. The number of carbonyl (C=O) groups is 1. The van der Waals surface area contributed by atoms with Gasteiger partial charge in [-0.25, -0.2) is 0 Å². The fourth-order valence-corrected chi connectivity index (χ4v) is 3.23. The molecule has 2 aliphatic rings. The Kier molecular flexibility index (Phi) is 3.43. The van der Waals surface area contributed by atoms with Crippen LogP contribution < -0.4 is 5.73 Å². The van der Waals surface area contributed by atoms with Crippen molar-refractivity contribution in [3.8, 4) is 0 Å². The van der Waals surface area contributed by atoms with Gasteiger partial charge >= 0.3 is 0 Å². The van der Waals surface area contributed by atoms with Crippen molar-refractivity contribution in [2.75, 3.05) is 6.54 Å². The van der Waals surface area contributed by atoms with Gasteiger partial charge in [0, 0.05) is 12.6 Å². The third-order valence-electron chi connectivity index (χ3n) is 4.47. The summed E-state index contributed by atoms with van der Waals surface area (Å²) in [5, 5.41) is 0. The van der Waals surface area contributed by atoms with Gasteiger partial charge in [0.25, 0.3) is 0 Å². The van der Waals surface area contributed by atoms with E-state index in [9.17, 15) is 4.79 Å². The molecule has 1 aliphatic carbocycles. The van der Waals surface area contributed by atoms with E-state index in [2.05, 4.69) is 13.8 Å². The minimum absolute atomic E-state index is 0.190. The van der Waals surface area contributed by atoms with Gasteiger partial charge in [0.15, 0.2) is 0 Å². The highest BCUT2D eigenvalue weighted by Gasteiger charge is 2.50. The smallest absolute Gasteiger partial charge is 0.235 e. The Labute approximate surface area is 109 Å². The number of hydrogen-bond donors (Lipinski definition) is 1. The number of nitrogens with two attached hydrogens (primary N) is 1. The molecule has 1 saturated heterocycles. The van der Waals surface area contributed by atoms with Crippen LogP contribution in [0.25, 0.3) is 0 Å². The van der Waals surface area contributed by atoms with E-state index < -0.39 is 5.41 Å². The SMILES string of the molecule is CC1CCC(C)N(C(=O)C2(C(N)=S)CCC2)C1. The van der Waals surface area contributed by atoms with Gasteiger partial charge in [-0.3, -0.25) is 4.79 Å². The summed E-state index contributed by atoms with van der Waals surface area (Å²) in [6.07, 6.45) is 5.07. The van der Waals surface area contributed by atoms with E-state index in [1.165, 1.54) is 6.42 Å². The Hall–Kier alpha value is -0.640. The first-order chi connectivity index (χ1) is 7.97. The van der Waals surface area contributed by atoms with Gasteiger partial charge in [0.1, 0.15) is 0 Å². The van der Waals surface area contributed by atoms with Crippen LogP contribution in [0.1, 0.15) is 46.0 Å². The molecule has 2 atom stereocenters. The van der Waals surface area contributed by atoms with Crippen LogP contribution in [0.2, 0.25) is 0 Å². The zero-order valence-electron chi connectivity index (χ0n) is 10.7. The topological polar surface area (TPSA) is 46.3 Å². The number of hydrogen-bond acceptors (Lipinski definition) is 2. The zero-order valence-corrected chi connectivity index (χ0v) is 11.6. The maximum atomic E-state index is 12.7. The molecule has 3 nitrogen and oxygen atoms in total. The van der Waals surface area contributed by atoms with E-state index in [1.54, 1.807) is 0 Å². The molecule has 4 heteroatoms. The molecule has 0 aromatic carbocycles. The lowest BCUT2D eigenvalue weighted by molar-refractivity contribution is -0.146. The maximum Gasteiger partial charge on any atom is 0.235 e. The molecule has 1 aliphatic heterocycles. The van der Waals surface area contributed by atoms with Crippen LogP contribution >= 0.6 is 12.2 Å². The van der Waals surface area contributed by atoms with Crippen molar-refractivity contribution in [3.05, 3.63) is 0 Å². The highest BCUT2D eigenvalue weighted by Crippen LogP contribution is 2.44. The molecule has 0 bridgehead atoms. The summed E-state index contributed by atoms with van der Waals surface area (Å²) in [6, 6.07) is 0.338. The van der Waals surface area contributed by atoms with E-state index in [-0.39, 0.29) is 5.91 Å². The lowest BCUT2D eigenvalue weighted by Crippen LogP contribution is -2.58. The number of nitrogens with zero attached hydrogens (tertiary/aromatic N) is 1. The molecule has 0 aromatic rings. The molecular formula is C13H22N2OS. The van der Waals surface area contributed by atoms with Crippen molar-refractivity contribution in [1.82, 2.24) is 4.90 Å². The second kappa shape index (κ2) is 4.56. The lowest BCUT2D eigenvalue weighted by atomic mass is 9.67. The molecule has 1 amide bonds. The van der Waals surface area contributed by atoms with Crippen molar-refractivity contribution < 1.29 is 4.79 Å². The first-order valence-corrected chi connectivity index (χ1v) is 6.99. The molecule has 2 unspecified atom stereocenters. The molecular weight excluding hydrogens is 232 g/mol. The van der Waals surface area contributed by atoms with Crippen LogP contribution in [-0.4, -0.2) is 28.4 Å². The summed E-state index contributed by atoms with van der Waals surface area (Å²) in [5.74, 6) is 0.786. The molecule has 2 N–H and O–H groups in total. The second-order valence-corrected chi connectivity index (χ2v) is 6.23. The Balaban J connectivity index is 2.15. The van der Waals surface area contributed by atoms with Crippen LogP contribution in [0.3, 0.4) is 0 Å². The Morgan fingerprint density at radius 3 is 2.47 bits per heavy atom. The van der Waals surface area contributed by atoms with Gasteiger partial charge in [-0.15, -0.1) is 0 Å². The summed E-state index contributed by atoms with van der Waals surface area (Å²) in [7, 11) is 0. The number of amides is 1. The van der Waals surface area contributed by atoms with E-state index in [4.69, 9.17) is 18.0 Å². The third-order valence-corrected chi connectivity index (χ3v) is 4.86. The van der Waals surface area contributed by atoms with Gasteiger partial charge < -0.3 is 10.6 Å². The normalized spacial score (nSPS) is 31.8. The number of likely N-dealkylation sites (tertiary alicyclic amines) is 1.